The van der Waals surface area contributed by atoms with E-state index in [-0.39, 0.29) is 74.2 Å². The van der Waals surface area contributed by atoms with Gasteiger partial charge in [-0.25, -0.2) is 0 Å². The summed E-state index contributed by atoms with van der Waals surface area (Å²) in [7, 11) is 0. The molecule has 0 heterocycles. The van der Waals surface area contributed by atoms with E-state index in [0.717, 1.165) is 49.5 Å². The molecule has 0 spiro atoms. The van der Waals surface area contributed by atoms with Gasteiger partial charge in [0.05, 0.1) is 0 Å². The standard InChI is InChI=1S/2C19H22N2O2.2C2H4O2.3Cu/c2*1-14(16-8-3-5-10-18(16)22)20-12-7-13-21-15(2)17-9-4-6-11-19(17)23;2*1-2(3)4;;;/h2*3-6,8-11,22-23H,7,12-13H2,1-2H3;2*1H3,(H,3,4);;;/q;;;;3*+2/p-6. The Labute approximate surface area is 367 Å². The number of nitrogens with zero attached hydrogens (tertiary/aromatic N) is 4. The summed E-state index contributed by atoms with van der Waals surface area (Å²) in [5.74, 6) is -2.19. The van der Waals surface area contributed by atoms with Crippen LogP contribution in [0.25, 0.3) is 0 Å². The van der Waals surface area contributed by atoms with E-state index in [0.29, 0.717) is 48.4 Å². The molecular weight excluding hydrogens is 879 g/mol. The Morgan fingerprint density at radius 1 is 0.386 bits per heavy atom. The molecule has 0 N–H and O–H groups in total. The van der Waals surface area contributed by atoms with E-state index in [1.807, 2.05) is 52.0 Å². The number of carboxylic acids is 2. The predicted octanol–water partition coefficient (Wildman–Crippen LogP) is 2.59. The molecule has 4 aromatic rings. The zero-order chi connectivity index (χ0) is 40.5. The van der Waals surface area contributed by atoms with Crippen molar-refractivity contribution in [2.24, 2.45) is 20.0 Å². The molecule has 0 saturated carbocycles. The summed E-state index contributed by atoms with van der Waals surface area (Å²) in [6.07, 6.45) is 1.55. The van der Waals surface area contributed by atoms with E-state index in [1.165, 1.54) is 0 Å². The van der Waals surface area contributed by atoms with Gasteiger partial charge in [-0.2, -0.15) is 0 Å². The second-order valence-electron chi connectivity index (χ2n) is 11.5. The van der Waals surface area contributed by atoms with Crippen LogP contribution < -0.4 is 30.6 Å². The van der Waals surface area contributed by atoms with Gasteiger partial charge in [0, 0.05) is 61.0 Å². The molecule has 4 aromatic carbocycles. The van der Waals surface area contributed by atoms with E-state index in [2.05, 4.69) is 20.0 Å². The van der Waals surface area contributed by atoms with Crippen molar-refractivity contribution in [3.8, 4) is 23.0 Å². The Kier molecular flexibility index (Phi) is 32.1. The topological polar surface area (TPSA) is 222 Å². The van der Waals surface area contributed by atoms with Crippen molar-refractivity contribution >= 4 is 34.8 Å². The number of aliphatic imine (C=N–C) groups is 4. The summed E-state index contributed by atoms with van der Waals surface area (Å²) in [6, 6.07) is 27.6. The molecule has 12 nitrogen and oxygen atoms in total. The number of carboxylic acid groups (broad SMARTS) is 2. The number of hydrogen-bond donors (Lipinski definition) is 0. The van der Waals surface area contributed by atoms with Crippen LogP contribution in [0, 0.1) is 0 Å². The minimum Gasteiger partial charge on any atom is -0.872 e. The fourth-order valence-electron chi connectivity index (χ4n) is 4.53. The van der Waals surface area contributed by atoms with Gasteiger partial charge in [-0.15, -0.1) is 0 Å². The maximum atomic E-state index is 11.7. The molecule has 0 atom stereocenters. The molecule has 0 aliphatic rings. The maximum absolute atomic E-state index is 11.7. The van der Waals surface area contributed by atoms with Gasteiger partial charge < -0.3 is 40.2 Å². The van der Waals surface area contributed by atoms with Crippen LogP contribution in [0.2, 0.25) is 0 Å². The molecule has 3 radical (unpaired) electrons. The summed E-state index contributed by atoms with van der Waals surface area (Å²) >= 11 is 0. The van der Waals surface area contributed by atoms with Crippen LogP contribution in [-0.4, -0.2) is 61.0 Å². The number of carbonyl (C=O) groups excluding carboxylic acids is 2. The summed E-state index contributed by atoms with van der Waals surface area (Å²) in [5, 5.41) is 64.6. The second-order valence-corrected chi connectivity index (χ2v) is 11.5. The molecule has 4 rings (SSSR count). The van der Waals surface area contributed by atoms with Crippen LogP contribution in [0.5, 0.6) is 23.0 Å². The third kappa shape index (κ3) is 24.5. The van der Waals surface area contributed by atoms with E-state index >= 15 is 0 Å². The largest absolute Gasteiger partial charge is 2.00 e. The number of para-hydroxylation sites is 4. The summed E-state index contributed by atoms with van der Waals surface area (Å²) < 4.78 is 0. The first-order valence-corrected chi connectivity index (χ1v) is 17.1. The summed E-state index contributed by atoms with van der Waals surface area (Å²) in [5.41, 5.74) is 5.59. The summed E-state index contributed by atoms with van der Waals surface area (Å²) in [6.45, 7) is 11.8. The van der Waals surface area contributed by atoms with E-state index in [1.54, 1.807) is 72.8 Å². The van der Waals surface area contributed by atoms with Crippen LogP contribution in [0.3, 0.4) is 0 Å². The first-order valence-electron chi connectivity index (χ1n) is 17.1. The Morgan fingerprint density at radius 2 is 0.544 bits per heavy atom. The SMILES string of the molecule is CC(=NCCCN=C(C)c1ccccc1[O-])c1ccccc1[O-].CC(=NCCCN=C(C)c1ccccc1[O-])c1ccccc1[O-].CC(=O)[O-].CC(=O)[O-].[Cu+2].[Cu+2].[Cu+2]. The molecule has 0 amide bonds. The van der Waals surface area contributed by atoms with E-state index in [9.17, 15) is 20.4 Å². The minimum atomic E-state index is -1.08. The number of hydrogen-bond acceptors (Lipinski definition) is 12. The molecule has 0 aliphatic heterocycles. The molecule has 0 unspecified atom stereocenters. The fraction of sp³-hybridized carbons (Fsp3) is 0.286. The second kappa shape index (κ2) is 32.4. The first-order chi connectivity index (χ1) is 25.6. The molecule has 0 aliphatic carbocycles. The third-order valence-electron chi connectivity index (χ3n) is 7.14. The smallest absolute Gasteiger partial charge is 0.872 e. The van der Waals surface area contributed by atoms with Gasteiger partial charge in [0.1, 0.15) is 0 Å². The molecule has 0 aromatic heterocycles. The average molecular weight is 925 g/mol. The summed E-state index contributed by atoms with van der Waals surface area (Å²) in [4.78, 5) is 35.5. The van der Waals surface area contributed by atoms with Crippen molar-refractivity contribution in [1.29, 1.82) is 0 Å². The normalized spacial score (nSPS) is 10.9. The van der Waals surface area contributed by atoms with Crippen molar-refractivity contribution in [1.82, 2.24) is 0 Å². The van der Waals surface area contributed by atoms with Crippen molar-refractivity contribution < 1.29 is 91.4 Å². The van der Waals surface area contributed by atoms with Crippen molar-refractivity contribution in [2.45, 2.75) is 54.4 Å². The third-order valence-corrected chi connectivity index (χ3v) is 7.14. The molecule has 15 heteroatoms. The van der Waals surface area contributed by atoms with E-state index < -0.39 is 11.9 Å². The molecule has 315 valence electrons. The van der Waals surface area contributed by atoms with Crippen molar-refractivity contribution in [2.75, 3.05) is 26.2 Å². The first kappa shape index (κ1) is 56.6. The quantitative estimate of drug-likeness (QED) is 0.116. The number of aliphatic carboxylic acids is 2. The van der Waals surface area contributed by atoms with Gasteiger partial charge in [0.2, 0.25) is 0 Å². The Hall–Kier alpha value is -4.74. The van der Waals surface area contributed by atoms with Gasteiger partial charge in [0.25, 0.3) is 0 Å². The Morgan fingerprint density at radius 3 is 0.702 bits per heavy atom. The fourth-order valence-corrected chi connectivity index (χ4v) is 4.53. The zero-order valence-electron chi connectivity index (χ0n) is 32.4. The average Bonchev–Trinajstić information content (AvgIpc) is 3.11. The van der Waals surface area contributed by atoms with Gasteiger partial charge in [-0.3, -0.25) is 20.0 Å². The predicted molar refractivity (Wildman–Crippen MR) is 202 cm³/mol. The minimum absolute atomic E-state index is 0. The van der Waals surface area contributed by atoms with Crippen molar-refractivity contribution in [3.05, 3.63) is 119 Å². The Balaban J connectivity index is -0.000000823. The zero-order valence-corrected chi connectivity index (χ0v) is 35.3. The van der Waals surface area contributed by atoms with Crippen LogP contribution in [0.1, 0.15) is 76.6 Å². The van der Waals surface area contributed by atoms with Crippen LogP contribution in [-0.2, 0) is 60.8 Å². The molecule has 57 heavy (non-hydrogen) atoms. The monoisotopic (exact) mass is 923 g/mol. The maximum Gasteiger partial charge on any atom is 2.00 e. The van der Waals surface area contributed by atoms with Crippen LogP contribution >= 0.6 is 0 Å². The molecular formula is C42H46Cu3N4O8. The van der Waals surface area contributed by atoms with E-state index in [4.69, 9.17) is 19.8 Å². The molecule has 0 bridgehead atoms. The van der Waals surface area contributed by atoms with Gasteiger partial charge >= 0.3 is 51.2 Å². The van der Waals surface area contributed by atoms with Crippen LogP contribution in [0.15, 0.2) is 117 Å². The number of carbonyl (C=O) groups is 2. The molecule has 0 fully saturated rings. The molecule has 0 saturated heterocycles. The van der Waals surface area contributed by atoms with Gasteiger partial charge in [-0.05, 0) is 76.6 Å². The van der Waals surface area contributed by atoms with Crippen LogP contribution in [0.4, 0.5) is 0 Å². The number of benzene rings is 4. The van der Waals surface area contributed by atoms with Gasteiger partial charge in [-0.1, -0.05) is 120 Å². The van der Waals surface area contributed by atoms with Gasteiger partial charge in [0.15, 0.2) is 0 Å². The van der Waals surface area contributed by atoms with Crippen molar-refractivity contribution in [3.63, 3.8) is 0 Å². The Bertz CT molecular complexity index is 1650. The number of rotatable bonds is 12.